The molecule has 0 heterocycles. The third kappa shape index (κ3) is 5.48. The molecule has 3 heteroatoms. The van der Waals surface area contributed by atoms with Gasteiger partial charge in [0.2, 0.25) is 0 Å². The minimum Gasteiger partial charge on any atom is -0.497 e. The van der Waals surface area contributed by atoms with Crippen LogP contribution < -0.4 is 4.74 Å². The summed E-state index contributed by atoms with van der Waals surface area (Å²) < 4.78 is 5.29. The number of aliphatic hydroxyl groups is 1. The summed E-state index contributed by atoms with van der Waals surface area (Å²) in [5.41, 5.74) is 2.23. The zero-order valence-electron chi connectivity index (χ0n) is 12.8. The lowest BCUT2D eigenvalue weighted by Crippen LogP contribution is -2.06. The van der Waals surface area contributed by atoms with Crippen LogP contribution >= 0.6 is 11.8 Å². The zero-order valence-corrected chi connectivity index (χ0v) is 13.6. The first-order valence-electron chi connectivity index (χ1n) is 6.96. The average Bonchev–Trinajstić information content (AvgIpc) is 2.45. The van der Waals surface area contributed by atoms with Crippen LogP contribution in [-0.2, 0) is 5.75 Å². The number of rotatable bonds is 6. The van der Waals surface area contributed by atoms with E-state index in [1.807, 2.05) is 23.9 Å². The van der Waals surface area contributed by atoms with E-state index in [9.17, 15) is 0 Å². The summed E-state index contributed by atoms with van der Waals surface area (Å²) in [6.07, 6.45) is 0.515. The normalized spacial score (nSPS) is 11.9. The van der Waals surface area contributed by atoms with Crippen LogP contribution in [0.5, 0.6) is 5.75 Å². The Morgan fingerprint density at radius 2 is 2.05 bits per heavy atom. The van der Waals surface area contributed by atoms with Crippen LogP contribution in [0.15, 0.2) is 18.2 Å². The van der Waals surface area contributed by atoms with Crippen LogP contribution in [0.25, 0.3) is 0 Å². The van der Waals surface area contributed by atoms with Crippen molar-refractivity contribution in [3.8, 4) is 17.6 Å². The van der Waals surface area contributed by atoms with Crippen molar-refractivity contribution in [1.29, 1.82) is 0 Å². The molecule has 110 valence electrons. The van der Waals surface area contributed by atoms with E-state index in [2.05, 4.69) is 38.7 Å². The van der Waals surface area contributed by atoms with E-state index in [1.54, 1.807) is 7.11 Å². The lowest BCUT2D eigenvalue weighted by molar-refractivity contribution is 0.305. The van der Waals surface area contributed by atoms with E-state index < -0.39 is 0 Å². The van der Waals surface area contributed by atoms with Crippen molar-refractivity contribution < 1.29 is 9.84 Å². The van der Waals surface area contributed by atoms with Crippen molar-refractivity contribution in [3.05, 3.63) is 29.3 Å². The molecule has 1 unspecified atom stereocenters. The fourth-order valence-corrected chi connectivity index (χ4v) is 2.63. The summed E-state index contributed by atoms with van der Waals surface area (Å²) in [5.74, 6) is 8.59. The molecule has 1 aromatic rings. The molecule has 0 fully saturated rings. The van der Waals surface area contributed by atoms with Crippen molar-refractivity contribution >= 4 is 11.8 Å². The number of methoxy groups -OCH3 is 1. The number of benzene rings is 1. The second-order valence-electron chi connectivity index (χ2n) is 5.06. The van der Waals surface area contributed by atoms with Crippen LogP contribution in [-0.4, -0.2) is 24.1 Å². The maximum atomic E-state index is 8.81. The van der Waals surface area contributed by atoms with E-state index in [4.69, 9.17) is 9.84 Å². The summed E-state index contributed by atoms with van der Waals surface area (Å²) >= 11 is 1.94. The molecule has 1 aromatic carbocycles. The van der Waals surface area contributed by atoms with Crippen LogP contribution in [0.4, 0.5) is 0 Å². The van der Waals surface area contributed by atoms with Gasteiger partial charge in [0.05, 0.1) is 13.7 Å². The minimum atomic E-state index is 0.109. The highest BCUT2D eigenvalue weighted by atomic mass is 32.2. The van der Waals surface area contributed by atoms with Gasteiger partial charge in [-0.05, 0) is 29.7 Å². The highest BCUT2D eigenvalue weighted by Gasteiger charge is 2.10. The highest BCUT2D eigenvalue weighted by molar-refractivity contribution is 7.99. The van der Waals surface area contributed by atoms with Gasteiger partial charge in [0.1, 0.15) is 5.75 Å². The smallest absolute Gasteiger partial charge is 0.119 e. The van der Waals surface area contributed by atoms with Gasteiger partial charge in [-0.2, -0.15) is 11.8 Å². The summed E-state index contributed by atoms with van der Waals surface area (Å²) in [4.78, 5) is 0. The molecule has 20 heavy (non-hydrogen) atoms. The molecule has 0 spiro atoms. The molecular weight excluding hydrogens is 268 g/mol. The van der Waals surface area contributed by atoms with Gasteiger partial charge in [0, 0.05) is 23.0 Å². The summed E-state index contributed by atoms with van der Waals surface area (Å²) in [6, 6.07) is 5.99. The number of hydrogen-bond donors (Lipinski definition) is 1. The monoisotopic (exact) mass is 292 g/mol. The molecule has 0 saturated heterocycles. The van der Waals surface area contributed by atoms with Crippen LogP contribution in [0.3, 0.4) is 0 Å². The zero-order chi connectivity index (χ0) is 15.0. The Morgan fingerprint density at radius 1 is 1.30 bits per heavy atom. The molecule has 0 aromatic heterocycles. The maximum Gasteiger partial charge on any atom is 0.119 e. The van der Waals surface area contributed by atoms with Crippen LogP contribution in [0.1, 0.15) is 38.3 Å². The first kappa shape index (κ1) is 16.9. The molecule has 0 saturated carbocycles. The van der Waals surface area contributed by atoms with Gasteiger partial charge >= 0.3 is 0 Å². The first-order valence-corrected chi connectivity index (χ1v) is 8.01. The predicted molar refractivity (Wildman–Crippen MR) is 87.2 cm³/mol. The number of ether oxygens (including phenoxy) is 1. The molecule has 2 nitrogen and oxygen atoms in total. The Hall–Kier alpha value is -1.11. The number of hydrogen-bond acceptors (Lipinski definition) is 3. The van der Waals surface area contributed by atoms with Crippen molar-refractivity contribution in [2.75, 3.05) is 13.7 Å². The Balaban J connectivity index is 2.87. The second kappa shape index (κ2) is 8.94. The molecule has 0 aliphatic heterocycles. The summed E-state index contributed by atoms with van der Waals surface area (Å²) in [6.45, 7) is 6.85. The molecule has 0 bridgehead atoms. The van der Waals surface area contributed by atoms with E-state index in [0.717, 1.165) is 17.1 Å². The summed E-state index contributed by atoms with van der Waals surface area (Å²) in [7, 11) is 1.68. The summed E-state index contributed by atoms with van der Waals surface area (Å²) in [5, 5.41) is 9.42. The molecule has 0 amide bonds. The molecule has 1 N–H and O–H groups in total. The molecule has 0 aliphatic rings. The fraction of sp³-hybridized carbons (Fsp3) is 0.529. The predicted octanol–water partition coefficient (Wildman–Crippen LogP) is 3.71. The third-order valence-corrected chi connectivity index (χ3v) is 4.76. The van der Waals surface area contributed by atoms with Crippen LogP contribution in [0, 0.1) is 17.8 Å². The van der Waals surface area contributed by atoms with Crippen molar-refractivity contribution in [3.63, 3.8) is 0 Å². The largest absolute Gasteiger partial charge is 0.497 e. The van der Waals surface area contributed by atoms with Gasteiger partial charge in [0.15, 0.2) is 0 Å². The van der Waals surface area contributed by atoms with Crippen molar-refractivity contribution in [2.45, 2.75) is 38.2 Å². The average molecular weight is 292 g/mol. The van der Waals surface area contributed by atoms with Gasteiger partial charge in [-0.15, -0.1) is 0 Å². The first-order chi connectivity index (χ1) is 9.58. The van der Waals surface area contributed by atoms with Crippen molar-refractivity contribution in [2.24, 2.45) is 5.92 Å². The molecule has 1 rings (SSSR count). The lowest BCUT2D eigenvalue weighted by atomic mass is 10.1. The van der Waals surface area contributed by atoms with Gasteiger partial charge < -0.3 is 9.84 Å². The second-order valence-corrected chi connectivity index (χ2v) is 6.42. The van der Waals surface area contributed by atoms with Gasteiger partial charge in [0.25, 0.3) is 0 Å². The van der Waals surface area contributed by atoms with Crippen molar-refractivity contribution in [1.82, 2.24) is 0 Å². The minimum absolute atomic E-state index is 0.109. The molecule has 1 atom stereocenters. The quantitative estimate of drug-likeness (QED) is 0.811. The molecule has 0 radical (unpaired) electrons. The molecule has 0 aliphatic carbocycles. The van der Waals surface area contributed by atoms with Crippen LogP contribution in [0.2, 0.25) is 0 Å². The Labute approximate surface area is 126 Å². The standard InChI is InChI=1S/C17H24O2S/c1-13(2)14(3)20-12-16-11-17(19-4)9-8-15(16)7-5-6-10-18/h8-9,11,13-14,18H,6,10,12H2,1-4H3. The number of aliphatic hydroxyl groups excluding tert-OH is 1. The third-order valence-electron chi connectivity index (χ3n) is 3.21. The Kier molecular flexibility index (Phi) is 7.58. The number of thioether (sulfide) groups is 1. The SMILES string of the molecule is COc1ccc(C#CCCO)c(CSC(C)C(C)C)c1. The lowest BCUT2D eigenvalue weighted by Gasteiger charge is -2.16. The van der Waals surface area contributed by atoms with E-state index in [-0.39, 0.29) is 6.61 Å². The van der Waals surface area contributed by atoms with E-state index in [0.29, 0.717) is 17.6 Å². The fourth-order valence-electron chi connectivity index (χ4n) is 1.57. The molecular formula is C17H24O2S. The highest BCUT2D eigenvalue weighted by Crippen LogP contribution is 2.27. The Morgan fingerprint density at radius 3 is 2.65 bits per heavy atom. The topological polar surface area (TPSA) is 29.5 Å². The van der Waals surface area contributed by atoms with Gasteiger partial charge in [-0.1, -0.05) is 32.6 Å². The van der Waals surface area contributed by atoms with Gasteiger partial charge in [-0.3, -0.25) is 0 Å². The van der Waals surface area contributed by atoms with Gasteiger partial charge in [-0.25, -0.2) is 0 Å². The Bertz CT molecular complexity index is 472. The van der Waals surface area contributed by atoms with E-state index >= 15 is 0 Å². The maximum absolute atomic E-state index is 8.81. The van der Waals surface area contributed by atoms with E-state index in [1.165, 1.54) is 5.56 Å².